The standard InChI is InChI=1S/C15H11ClF3NO2/c16-12-5-1-10(2-6-12)9-20-14(21)11-3-7-13(8-4-11)22-15(17,18)19/h1-8H,9H2,(H,20,21). The zero-order valence-electron chi connectivity index (χ0n) is 11.2. The van der Waals surface area contributed by atoms with Crippen LogP contribution in [0.4, 0.5) is 13.2 Å². The van der Waals surface area contributed by atoms with E-state index in [4.69, 9.17) is 11.6 Å². The zero-order valence-corrected chi connectivity index (χ0v) is 11.9. The molecule has 22 heavy (non-hydrogen) atoms. The van der Waals surface area contributed by atoms with E-state index in [1.54, 1.807) is 24.3 Å². The van der Waals surface area contributed by atoms with Gasteiger partial charge in [0.15, 0.2) is 0 Å². The molecular formula is C15H11ClF3NO2. The Bertz CT molecular complexity index is 639. The van der Waals surface area contributed by atoms with Crippen molar-refractivity contribution in [2.45, 2.75) is 12.9 Å². The van der Waals surface area contributed by atoms with Gasteiger partial charge in [-0.25, -0.2) is 0 Å². The van der Waals surface area contributed by atoms with Crippen LogP contribution in [0.5, 0.6) is 5.75 Å². The minimum absolute atomic E-state index is 0.239. The van der Waals surface area contributed by atoms with Crippen molar-refractivity contribution in [2.24, 2.45) is 0 Å². The quantitative estimate of drug-likeness (QED) is 0.914. The summed E-state index contributed by atoms with van der Waals surface area (Å²) in [6.45, 7) is 0.288. The fraction of sp³-hybridized carbons (Fsp3) is 0.133. The van der Waals surface area contributed by atoms with Gasteiger partial charge in [0.1, 0.15) is 5.75 Å². The van der Waals surface area contributed by atoms with Gasteiger partial charge in [0, 0.05) is 17.1 Å². The highest BCUT2D eigenvalue weighted by Crippen LogP contribution is 2.22. The number of hydrogen-bond acceptors (Lipinski definition) is 2. The Balaban J connectivity index is 1.93. The Morgan fingerprint density at radius 1 is 1.05 bits per heavy atom. The molecule has 7 heteroatoms. The van der Waals surface area contributed by atoms with Crippen LogP contribution in [0.1, 0.15) is 15.9 Å². The second-order valence-electron chi connectivity index (χ2n) is 4.38. The summed E-state index contributed by atoms with van der Waals surface area (Å²) >= 11 is 5.75. The number of rotatable bonds is 4. The van der Waals surface area contributed by atoms with E-state index in [0.29, 0.717) is 5.02 Å². The third-order valence-electron chi connectivity index (χ3n) is 2.72. The van der Waals surface area contributed by atoms with Gasteiger partial charge in [-0.3, -0.25) is 4.79 Å². The third kappa shape index (κ3) is 4.96. The van der Waals surface area contributed by atoms with Gasteiger partial charge in [-0.2, -0.15) is 0 Å². The molecule has 0 spiro atoms. The van der Waals surface area contributed by atoms with Gasteiger partial charge in [-0.1, -0.05) is 23.7 Å². The van der Waals surface area contributed by atoms with Crippen LogP contribution in [0.3, 0.4) is 0 Å². The van der Waals surface area contributed by atoms with E-state index in [1.165, 1.54) is 12.1 Å². The highest BCUT2D eigenvalue weighted by Gasteiger charge is 2.31. The maximum atomic E-state index is 12.0. The van der Waals surface area contributed by atoms with E-state index >= 15 is 0 Å². The molecule has 1 amide bonds. The average molecular weight is 330 g/mol. The maximum absolute atomic E-state index is 12.0. The van der Waals surface area contributed by atoms with Gasteiger partial charge in [0.05, 0.1) is 0 Å². The molecule has 0 aliphatic rings. The molecule has 0 saturated carbocycles. The Morgan fingerprint density at radius 2 is 1.64 bits per heavy atom. The molecule has 2 aromatic carbocycles. The fourth-order valence-corrected chi connectivity index (χ4v) is 1.82. The zero-order chi connectivity index (χ0) is 16.2. The predicted octanol–water partition coefficient (Wildman–Crippen LogP) is 4.17. The van der Waals surface area contributed by atoms with Crippen LogP contribution in [0, 0.1) is 0 Å². The molecule has 0 atom stereocenters. The van der Waals surface area contributed by atoms with Crippen LogP contribution >= 0.6 is 11.6 Å². The summed E-state index contributed by atoms with van der Waals surface area (Å²) in [4.78, 5) is 11.9. The topological polar surface area (TPSA) is 38.3 Å². The number of alkyl halides is 3. The van der Waals surface area contributed by atoms with Crippen molar-refractivity contribution in [3.8, 4) is 5.75 Å². The van der Waals surface area contributed by atoms with Crippen LogP contribution in [0.2, 0.25) is 5.02 Å². The van der Waals surface area contributed by atoms with Crippen LogP contribution < -0.4 is 10.1 Å². The summed E-state index contributed by atoms with van der Waals surface area (Å²) < 4.78 is 39.8. The fourth-order valence-electron chi connectivity index (χ4n) is 1.69. The van der Waals surface area contributed by atoms with E-state index in [-0.39, 0.29) is 17.9 Å². The predicted molar refractivity (Wildman–Crippen MR) is 75.7 cm³/mol. The molecule has 3 nitrogen and oxygen atoms in total. The average Bonchev–Trinajstić information content (AvgIpc) is 2.45. The largest absolute Gasteiger partial charge is 0.573 e. The molecule has 116 valence electrons. The van der Waals surface area contributed by atoms with Gasteiger partial charge in [0.2, 0.25) is 0 Å². The number of carbonyl (C=O) groups is 1. The monoisotopic (exact) mass is 329 g/mol. The van der Waals surface area contributed by atoms with Crippen molar-refractivity contribution in [3.63, 3.8) is 0 Å². The Labute approximate surface area is 129 Å². The molecular weight excluding hydrogens is 319 g/mol. The summed E-state index contributed by atoms with van der Waals surface area (Å²) in [5.74, 6) is -0.768. The van der Waals surface area contributed by atoms with Gasteiger partial charge in [-0.15, -0.1) is 13.2 Å². The second kappa shape index (κ2) is 6.70. The molecule has 0 heterocycles. The van der Waals surface area contributed by atoms with Gasteiger partial charge >= 0.3 is 6.36 Å². The molecule has 2 rings (SSSR count). The Hall–Kier alpha value is -2.21. The van der Waals surface area contributed by atoms with Gasteiger partial charge in [-0.05, 0) is 42.0 Å². The first-order chi connectivity index (χ1) is 10.3. The molecule has 0 aliphatic carbocycles. The summed E-state index contributed by atoms with van der Waals surface area (Å²) in [5, 5.41) is 3.25. The molecule has 0 fully saturated rings. The van der Waals surface area contributed by atoms with Crippen molar-refractivity contribution in [2.75, 3.05) is 0 Å². The third-order valence-corrected chi connectivity index (χ3v) is 2.97. The first-order valence-corrected chi connectivity index (χ1v) is 6.60. The number of hydrogen-bond donors (Lipinski definition) is 1. The van der Waals surface area contributed by atoms with Crippen molar-refractivity contribution in [1.29, 1.82) is 0 Å². The van der Waals surface area contributed by atoms with E-state index < -0.39 is 12.3 Å². The maximum Gasteiger partial charge on any atom is 0.573 e. The van der Waals surface area contributed by atoms with E-state index in [0.717, 1.165) is 17.7 Å². The minimum atomic E-state index is -4.75. The van der Waals surface area contributed by atoms with Gasteiger partial charge in [0.25, 0.3) is 5.91 Å². The van der Waals surface area contributed by atoms with Crippen LogP contribution in [0.15, 0.2) is 48.5 Å². The normalized spacial score (nSPS) is 11.1. The Kier molecular flexibility index (Phi) is 4.92. The van der Waals surface area contributed by atoms with Crippen LogP contribution in [-0.4, -0.2) is 12.3 Å². The molecule has 2 aromatic rings. The molecule has 0 saturated heterocycles. The lowest BCUT2D eigenvalue weighted by Gasteiger charge is -2.09. The number of benzene rings is 2. The lowest BCUT2D eigenvalue weighted by Crippen LogP contribution is -2.22. The molecule has 0 unspecified atom stereocenters. The summed E-state index contributed by atoms with van der Waals surface area (Å²) in [6, 6.07) is 11.6. The lowest BCUT2D eigenvalue weighted by molar-refractivity contribution is -0.274. The number of halogens is 4. The first-order valence-electron chi connectivity index (χ1n) is 6.22. The molecule has 0 radical (unpaired) electrons. The van der Waals surface area contributed by atoms with E-state index in [1.807, 2.05) is 0 Å². The van der Waals surface area contributed by atoms with Gasteiger partial charge < -0.3 is 10.1 Å². The van der Waals surface area contributed by atoms with Crippen LogP contribution in [0.25, 0.3) is 0 Å². The number of carbonyl (C=O) groups excluding carboxylic acids is 1. The summed E-state index contributed by atoms with van der Waals surface area (Å²) in [6.07, 6.45) is -4.75. The molecule has 0 aliphatic heterocycles. The summed E-state index contributed by atoms with van der Waals surface area (Å²) in [5.41, 5.74) is 1.10. The van der Waals surface area contributed by atoms with Crippen molar-refractivity contribution < 1.29 is 22.7 Å². The number of ether oxygens (including phenoxy) is 1. The molecule has 1 N–H and O–H groups in total. The number of amides is 1. The van der Waals surface area contributed by atoms with Crippen molar-refractivity contribution >= 4 is 17.5 Å². The minimum Gasteiger partial charge on any atom is -0.406 e. The van der Waals surface area contributed by atoms with Crippen LogP contribution in [-0.2, 0) is 6.54 Å². The van der Waals surface area contributed by atoms with Crippen molar-refractivity contribution in [3.05, 3.63) is 64.7 Å². The van der Waals surface area contributed by atoms with E-state index in [2.05, 4.69) is 10.1 Å². The number of nitrogens with one attached hydrogen (secondary N) is 1. The highest BCUT2D eigenvalue weighted by molar-refractivity contribution is 6.30. The van der Waals surface area contributed by atoms with E-state index in [9.17, 15) is 18.0 Å². The highest BCUT2D eigenvalue weighted by atomic mass is 35.5. The first kappa shape index (κ1) is 16.2. The smallest absolute Gasteiger partial charge is 0.406 e. The lowest BCUT2D eigenvalue weighted by atomic mass is 10.2. The molecule has 0 bridgehead atoms. The SMILES string of the molecule is O=C(NCc1ccc(Cl)cc1)c1ccc(OC(F)(F)F)cc1. The Morgan fingerprint density at radius 3 is 2.18 bits per heavy atom. The second-order valence-corrected chi connectivity index (χ2v) is 4.82. The van der Waals surface area contributed by atoms with Crippen molar-refractivity contribution in [1.82, 2.24) is 5.32 Å². The molecule has 0 aromatic heterocycles. The summed E-state index contributed by atoms with van der Waals surface area (Å²) in [7, 11) is 0.